The maximum atomic E-state index is 13.2. The zero-order chi connectivity index (χ0) is 20.9. The van der Waals surface area contributed by atoms with Gasteiger partial charge in [0.15, 0.2) is 11.5 Å². The van der Waals surface area contributed by atoms with Crippen molar-refractivity contribution in [2.75, 3.05) is 58.5 Å². The first-order chi connectivity index (χ1) is 14.7. The van der Waals surface area contributed by atoms with Gasteiger partial charge in [-0.3, -0.25) is 4.90 Å². The molecule has 0 N–H and O–H groups in total. The number of ether oxygens (including phenoxy) is 3. The average molecular weight is 415 g/mol. The van der Waals surface area contributed by atoms with Gasteiger partial charge in [0.2, 0.25) is 0 Å². The molecule has 1 atom stereocenters. The number of hydrogen-bond donors (Lipinski definition) is 0. The number of halogens is 1. The van der Waals surface area contributed by atoms with Gasteiger partial charge < -0.3 is 19.1 Å². The molecule has 6 heteroatoms. The lowest BCUT2D eigenvalue weighted by atomic mass is 9.97. The van der Waals surface area contributed by atoms with Gasteiger partial charge in [-0.25, -0.2) is 4.39 Å². The van der Waals surface area contributed by atoms with Gasteiger partial charge >= 0.3 is 0 Å². The zero-order valence-electron chi connectivity index (χ0n) is 17.9. The summed E-state index contributed by atoms with van der Waals surface area (Å²) in [5, 5.41) is 0. The molecule has 0 spiro atoms. The van der Waals surface area contributed by atoms with Crippen LogP contribution >= 0.6 is 0 Å². The summed E-state index contributed by atoms with van der Waals surface area (Å²) in [6.45, 7) is 5.70. The van der Waals surface area contributed by atoms with Crippen LogP contribution in [0.4, 0.5) is 10.1 Å². The molecule has 162 valence electrons. The molecule has 1 saturated heterocycles. The minimum Gasteiger partial charge on any atom is -0.493 e. The number of aryl methyl sites for hydroxylation is 1. The molecule has 2 aromatic rings. The standard InChI is InChI=1S/C24H31FN2O3/c1-28-23-16-18-4-3-15-30-22(21(18)17-24(23)29-2)9-10-26-11-13-27(14-12-26)20-7-5-19(25)6-8-20/h5-8,16-17,22H,3-4,9-15H2,1-2H3. The molecule has 1 unspecified atom stereocenters. The van der Waals surface area contributed by atoms with E-state index in [0.29, 0.717) is 0 Å². The van der Waals surface area contributed by atoms with Crippen LogP contribution < -0.4 is 14.4 Å². The summed E-state index contributed by atoms with van der Waals surface area (Å²) in [4.78, 5) is 4.82. The minimum absolute atomic E-state index is 0.0810. The number of hydrogen-bond acceptors (Lipinski definition) is 5. The van der Waals surface area contributed by atoms with Gasteiger partial charge in [-0.2, -0.15) is 0 Å². The van der Waals surface area contributed by atoms with Crippen LogP contribution in [0.1, 0.15) is 30.1 Å². The predicted octanol–water partition coefficient (Wildman–Crippen LogP) is 4.06. The Labute approximate surface area is 178 Å². The summed E-state index contributed by atoms with van der Waals surface area (Å²) in [5.41, 5.74) is 3.63. The Bertz CT molecular complexity index is 835. The van der Waals surface area contributed by atoms with E-state index in [0.717, 1.165) is 75.8 Å². The molecule has 0 bridgehead atoms. The van der Waals surface area contributed by atoms with Gasteiger partial charge in [-0.05, 0) is 66.8 Å². The Hall–Kier alpha value is -2.31. The molecule has 0 aromatic heterocycles. The lowest BCUT2D eigenvalue weighted by Crippen LogP contribution is -2.46. The van der Waals surface area contributed by atoms with E-state index >= 15 is 0 Å². The summed E-state index contributed by atoms with van der Waals surface area (Å²) >= 11 is 0. The molecule has 2 aromatic carbocycles. The Morgan fingerprint density at radius 3 is 2.40 bits per heavy atom. The summed E-state index contributed by atoms with van der Waals surface area (Å²) < 4.78 is 30.4. The molecule has 0 saturated carbocycles. The Balaban J connectivity index is 1.37. The van der Waals surface area contributed by atoms with Crippen molar-refractivity contribution in [2.45, 2.75) is 25.4 Å². The molecule has 2 aliphatic heterocycles. The summed E-state index contributed by atoms with van der Waals surface area (Å²) in [6.07, 6.45) is 3.06. The molecule has 2 aliphatic rings. The second kappa shape index (κ2) is 9.67. The molecular weight excluding hydrogens is 383 g/mol. The highest BCUT2D eigenvalue weighted by Gasteiger charge is 2.24. The zero-order valence-corrected chi connectivity index (χ0v) is 17.9. The van der Waals surface area contributed by atoms with Crippen LogP contribution in [0.3, 0.4) is 0 Å². The molecule has 1 fully saturated rings. The van der Waals surface area contributed by atoms with Gasteiger partial charge in [-0.15, -0.1) is 0 Å². The number of methoxy groups -OCH3 is 2. The van der Waals surface area contributed by atoms with E-state index in [4.69, 9.17) is 14.2 Å². The highest BCUT2D eigenvalue weighted by Crippen LogP contribution is 2.37. The molecule has 0 aliphatic carbocycles. The van der Waals surface area contributed by atoms with Crippen molar-refractivity contribution in [1.82, 2.24) is 4.90 Å². The van der Waals surface area contributed by atoms with Crippen LogP contribution in [0.15, 0.2) is 36.4 Å². The highest BCUT2D eigenvalue weighted by molar-refractivity contribution is 5.49. The second-order valence-electron chi connectivity index (χ2n) is 7.96. The minimum atomic E-state index is -0.185. The summed E-state index contributed by atoms with van der Waals surface area (Å²) in [6, 6.07) is 11.0. The van der Waals surface area contributed by atoms with Crippen LogP contribution in [0, 0.1) is 5.82 Å². The molecule has 4 rings (SSSR count). The van der Waals surface area contributed by atoms with Crippen LogP contribution in [-0.4, -0.2) is 58.5 Å². The third-order valence-electron chi connectivity index (χ3n) is 6.17. The highest BCUT2D eigenvalue weighted by atomic mass is 19.1. The summed E-state index contributed by atoms with van der Waals surface area (Å²) in [5.74, 6) is 1.36. The average Bonchev–Trinajstić information content (AvgIpc) is 2.99. The third kappa shape index (κ3) is 4.71. The van der Waals surface area contributed by atoms with Crippen molar-refractivity contribution in [3.8, 4) is 11.5 Å². The first-order valence-corrected chi connectivity index (χ1v) is 10.8. The lowest BCUT2D eigenvalue weighted by Gasteiger charge is -2.36. The monoisotopic (exact) mass is 414 g/mol. The Morgan fingerprint density at radius 1 is 1.00 bits per heavy atom. The normalized spacial score (nSPS) is 19.8. The maximum absolute atomic E-state index is 13.2. The van der Waals surface area contributed by atoms with Crippen molar-refractivity contribution in [3.63, 3.8) is 0 Å². The number of anilines is 1. The van der Waals surface area contributed by atoms with Gasteiger partial charge in [0.05, 0.1) is 20.3 Å². The van der Waals surface area contributed by atoms with Crippen LogP contribution in [0.5, 0.6) is 11.5 Å². The van der Waals surface area contributed by atoms with E-state index in [1.165, 1.54) is 23.3 Å². The smallest absolute Gasteiger partial charge is 0.161 e. The molecule has 5 nitrogen and oxygen atoms in total. The fraction of sp³-hybridized carbons (Fsp3) is 0.500. The van der Waals surface area contributed by atoms with E-state index in [1.807, 2.05) is 12.1 Å². The largest absolute Gasteiger partial charge is 0.493 e. The Morgan fingerprint density at radius 2 is 1.70 bits per heavy atom. The van der Waals surface area contributed by atoms with E-state index < -0.39 is 0 Å². The van der Waals surface area contributed by atoms with Crippen LogP contribution in [-0.2, 0) is 11.2 Å². The number of rotatable bonds is 6. The number of fused-ring (bicyclic) bond motifs is 1. The van der Waals surface area contributed by atoms with Crippen molar-refractivity contribution >= 4 is 5.69 Å². The lowest BCUT2D eigenvalue weighted by molar-refractivity contribution is 0.0419. The van der Waals surface area contributed by atoms with E-state index in [9.17, 15) is 4.39 Å². The van der Waals surface area contributed by atoms with E-state index in [2.05, 4.69) is 21.9 Å². The van der Waals surface area contributed by atoms with Gasteiger partial charge in [0.1, 0.15) is 5.82 Å². The van der Waals surface area contributed by atoms with E-state index in [1.54, 1.807) is 14.2 Å². The third-order valence-corrected chi connectivity index (χ3v) is 6.17. The van der Waals surface area contributed by atoms with Crippen molar-refractivity contribution < 1.29 is 18.6 Å². The SMILES string of the molecule is COc1cc2c(cc1OC)C(CCN1CCN(c3ccc(F)cc3)CC1)OCCC2. The van der Waals surface area contributed by atoms with Gasteiger partial charge in [0.25, 0.3) is 0 Å². The molecule has 2 heterocycles. The topological polar surface area (TPSA) is 34.2 Å². The number of benzene rings is 2. The maximum Gasteiger partial charge on any atom is 0.161 e. The Kier molecular flexibility index (Phi) is 6.75. The van der Waals surface area contributed by atoms with Crippen LogP contribution in [0.25, 0.3) is 0 Å². The predicted molar refractivity (Wildman–Crippen MR) is 116 cm³/mol. The van der Waals surface area contributed by atoms with Crippen LogP contribution in [0.2, 0.25) is 0 Å². The molecule has 0 radical (unpaired) electrons. The number of piperazine rings is 1. The number of nitrogens with zero attached hydrogens (tertiary/aromatic N) is 2. The van der Waals surface area contributed by atoms with Crippen molar-refractivity contribution in [1.29, 1.82) is 0 Å². The first kappa shape index (κ1) is 20.9. The fourth-order valence-electron chi connectivity index (χ4n) is 4.45. The quantitative estimate of drug-likeness (QED) is 0.712. The first-order valence-electron chi connectivity index (χ1n) is 10.8. The molecule has 30 heavy (non-hydrogen) atoms. The summed E-state index contributed by atoms with van der Waals surface area (Å²) in [7, 11) is 3.36. The van der Waals surface area contributed by atoms with Gasteiger partial charge in [0, 0.05) is 45.0 Å². The second-order valence-corrected chi connectivity index (χ2v) is 7.96. The van der Waals surface area contributed by atoms with E-state index in [-0.39, 0.29) is 11.9 Å². The van der Waals surface area contributed by atoms with Crippen molar-refractivity contribution in [2.24, 2.45) is 0 Å². The fourth-order valence-corrected chi connectivity index (χ4v) is 4.45. The van der Waals surface area contributed by atoms with Gasteiger partial charge in [-0.1, -0.05) is 0 Å². The molecule has 0 amide bonds. The van der Waals surface area contributed by atoms with Crippen molar-refractivity contribution in [3.05, 3.63) is 53.3 Å². The molecular formula is C24H31FN2O3.